The van der Waals surface area contributed by atoms with Crippen LogP contribution < -0.4 is 5.32 Å². The van der Waals surface area contributed by atoms with Gasteiger partial charge in [-0.15, -0.1) is 0 Å². The highest BCUT2D eigenvalue weighted by Gasteiger charge is 2.07. The van der Waals surface area contributed by atoms with Crippen molar-refractivity contribution in [1.29, 1.82) is 0 Å². The van der Waals surface area contributed by atoms with Gasteiger partial charge < -0.3 is 5.32 Å². The second-order valence-electron chi connectivity index (χ2n) is 3.18. The number of anilines is 1. The average molecular weight is 261 g/mol. The Morgan fingerprint density at radius 2 is 2.20 bits per heavy atom. The van der Waals surface area contributed by atoms with Gasteiger partial charge in [-0.25, -0.2) is 4.98 Å². The number of hydrogen-bond donors (Lipinski definition) is 1. The molecular weight excluding hydrogens is 251 g/mol. The van der Waals surface area contributed by atoms with Gasteiger partial charge in [0.1, 0.15) is 5.52 Å². The fraction of sp³-hybridized carbons (Fsp3) is 0.300. The van der Waals surface area contributed by atoms with Crippen molar-refractivity contribution < 1.29 is 0 Å². The highest BCUT2D eigenvalue weighted by atomic mass is 35.5. The summed E-state index contributed by atoms with van der Waals surface area (Å²) < 4.78 is 1.02. The van der Waals surface area contributed by atoms with Crippen LogP contribution in [0, 0.1) is 0 Å². The normalized spacial score (nSPS) is 10.9. The quantitative estimate of drug-likeness (QED) is 0.884. The summed E-state index contributed by atoms with van der Waals surface area (Å²) in [6.07, 6.45) is 1.07. The number of thiazole rings is 1. The number of fused-ring (bicyclic) bond motifs is 1. The predicted octanol–water partition coefficient (Wildman–Crippen LogP) is 4.43. The highest BCUT2D eigenvalue weighted by molar-refractivity contribution is 7.22. The minimum absolute atomic E-state index is 0.610. The van der Waals surface area contributed by atoms with Crippen molar-refractivity contribution >= 4 is 49.9 Å². The molecular formula is C10H10Cl2N2S. The lowest BCUT2D eigenvalue weighted by Gasteiger charge is -1.96. The molecule has 0 fully saturated rings. The molecule has 0 unspecified atom stereocenters. The molecule has 1 heterocycles. The monoisotopic (exact) mass is 260 g/mol. The molecule has 0 radical (unpaired) electrons. The largest absolute Gasteiger partial charge is 0.361 e. The van der Waals surface area contributed by atoms with E-state index >= 15 is 0 Å². The summed E-state index contributed by atoms with van der Waals surface area (Å²) in [6.45, 7) is 3.04. The average Bonchev–Trinajstić information content (AvgIpc) is 2.57. The minimum atomic E-state index is 0.610. The van der Waals surface area contributed by atoms with Crippen LogP contribution in [0.5, 0.6) is 0 Å². The minimum Gasteiger partial charge on any atom is -0.361 e. The smallest absolute Gasteiger partial charge is 0.183 e. The summed E-state index contributed by atoms with van der Waals surface area (Å²) in [5.41, 5.74) is 0.824. The second-order valence-corrected chi connectivity index (χ2v) is 5.05. The van der Waals surface area contributed by atoms with Crippen molar-refractivity contribution in [2.24, 2.45) is 0 Å². The van der Waals surface area contributed by atoms with Gasteiger partial charge in [-0.2, -0.15) is 0 Å². The van der Waals surface area contributed by atoms with Gasteiger partial charge in [-0.05, 0) is 18.6 Å². The number of hydrogen-bond acceptors (Lipinski definition) is 3. The highest BCUT2D eigenvalue weighted by Crippen LogP contribution is 2.33. The second kappa shape index (κ2) is 4.56. The Balaban J connectivity index is 2.41. The molecule has 0 amide bonds. The molecule has 2 nitrogen and oxygen atoms in total. The maximum absolute atomic E-state index is 6.04. The summed E-state index contributed by atoms with van der Waals surface area (Å²) in [6, 6.07) is 3.60. The van der Waals surface area contributed by atoms with E-state index in [9.17, 15) is 0 Å². The molecule has 2 rings (SSSR count). The number of halogens is 2. The lowest BCUT2D eigenvalue weighted by Crippen LogP contribution is -1.98. The van der Waals surface area contributed by atoms with Crippen LogP contribution in [-0.4, -0.2) is 11.5 Å². The van der Waals surface area contributed by atoms with Crippen LogP contribution in [0.3, 0.4) is 0 Å². The van der Waals surface area contributed by atoms with E-state index in [1.807, 2.05) is 6.07 Å². The first-order valence-corrected chi connectivity index (χ1v) is 6.27. The van der Waals surface area contributed by atoms with Gasteiger partial charge >= 0.3 is 0 Å². The Morgan fingerprint density at radius 1 is 1.40 bits per heavy atom. The summed E-state index contributed by atoms with van der Waals surface area (Å²) in [7, 11) is 0. The zero-order chi connectivity index (χ0) is 10.8. The van der Waals surface area contributed by atoms with Crippen molar-refractivity contribution in [2.45, 2.75) is 13.3 Å². The van der Waals surface area contributed by atoms with E-state index in [0.717, 1.165) is 28.3 Å². The zero-order valence-electron chi connectivity index (χ0n) is 8.18. The van der Waals surface area contributed by atoms with Crippen LogP contribution in [-0.2, 0) is 0 Å². The Hall–Kier alpha value is -0.510. The lowest BCUT2D eigenvalue weighted by atomic mass is 10.3. The summed E-state index contributed by atoms with van der Waals surface area (Å²) >= 11 is 13.5. The van der Waals surface area contributed by atoms with Crippen LogP contribution in [0.2, 0.25) is 10.0 Å². The molecule has 80 valence electrons. The van der Waals surface area contributed by atoms with E-state index in [4.69, 9.17) is 23.2 Å². The molecule has 5 heteroatoms. The van der Waals surface area contributed by atoms with Crippen molar-refractivity contribution in [1.82, 2.24) is 4.98 Å². The van der Waals surface area contributed by atoms with Gasteiger partial charge in [0.2, 0.25) is 0 Å². The van der Waals surface area contributed by atoms with E-state index in [0.29, 0.717) is 10.0 Å². The third kappa shape index (κ3) is 2.36. The molecule has 0 spiro atoms. The zero-order valence-corrected chi connectivity index (χ0v) is 10.5. The molecule has 0 aliphatic carbocycles. The first-order valence-electron chi connectivity index (χ1n) is 4.70. The Labute approximate surface area is 102 Å². The van der Waals surface area contributed by atoms with Crippen LogP contribution in [0.4, 0.5) is 5.13 Å². The fourth-order valence-electron chi connectivity index (χ4n) is 1.26. The molecule has 1 N–H and O–H groups in total. The van der Waals surface area contributed by atoms with E-state index in [1.54, 1.807) is 17.4 Å². The van der Waals surface area contributed by atoms with Gasteiger partial charge in [0, 0.05) is 11.6 Å². The maximum Gasteiger partial charge on any atom is 0.183 e. The Morgan fingerprint density at radius 3 is 2.93 bits per heavy atom. The van der Waals surface area contributed by atoms with E-state index in [2.05, 4.69) is 17.2 Å². The van der Waals surface area contributed by atoms with Crippen LogP contribution >= 0.6 is 34.5 Å². The van der Waals surface area contributed by atoms with E-state index in [1.165, 1.54) is 0 Å². The predicted molar refractivity (Wildman–Crippen MR) is 68.4 cm³/mol. The first-order chi connectivity index (χ1) is 7.20. The molecule has 0 aliphatic heterocycles. The number of benzene rings is 1. The maximum atomic E-state index is 6.04. The number of aromatic nitrogens is 1. The Kier molecular flexibility index (Phi) is 3.34. The molecule has 1 aromatic carbocycles. The summed E-state index contributed by atoms with van der Waals surface area (Å²) in [5, 5.41) is 5.40. The third-order valence-corrected chi connectivity index (χ3v) is 3.41. The van der Waals surface area contributed by atoms with Crippen molar-refractivity contribution in [3.05, 3.63) is 22.2 Å². The van der Waals surface area contributed by atoms with Crippen LogP contribution in [0.25, 0.3) is 10.2 Å². The van der Waals surface area contributed by atoms with Gasteiger partial charge in [0.25, 0.3) is 0 Å². The third-order valence-electron chi connectivity index (χ3n) is 1.94. The van der Waals surface area contributed by atoms with Crippen molar-refractivity contribution in [3.63, 3.8) is 0 Å². The number of rotatable bonds is 3. The lowest BCUT2D eigenvalue weighted by molar-refractivity contribution is 0.977. The van der Waals surface area contributed by atoms with Gasteiger partial charge in [0.05, 0.1) is 9.72 Å². The molecule has 1 aromatic heterocycles. The van der Waals surface area contributed by atoms with Gasteiger partial charge in [0.15, 0.2) is 5.13 Å². The molecule has 0 atom stereocenters. The summed E-state index contributed by atoms with van der Waals surface area (Å²) in [4.78, 5) is 4.41. The van der Waals surface area contributed by atoms with Gasteiger partial charge in [-0.1, -0.05) is 41.5 Å². The molecule has 0 saturated carbocycles. The van der Waals surface area contributed by atoms with Crippen LogP contribution in [0.1, 0.15) is 13.3 Å². The fourth-order valence-corrected chi connectivity index (χ4v) is 2.88. The first kappa shape index (κ1) is 11.0. The number of nitrogens with one attached hydrogen (secondary N) is 1. The van der Waals surface area contributed by atoms with Gasteiger partial charge in [-0.3, -0.25) is 0 Å². The van der Waals surface area contributed by atoms with E-state index < -0.39 is 0 Å². The molecule has 0 saturated heterocycles. The molecule has 2 aromatic rings. The van der Waals surface area contributed by atoms with Crippen LogP contribution in [0.15, 0.2) is 12.1 Å². The Bertz CT molecular complexity index is 481. The number of nitrogens with zero attached hydrogens (tertiary/aromatic N) is 1. The molecule has 0 aliphatic rings. The molecule has 0 bridgehead atoms. The van der Waals surface area contributed by atoms with Crippen molar-refractivity contribution in [2.75, 3.05) is 11.9 Å². The molecule has 15 heavy (non-hydrogen) atoms. The topological polar surface area (TPSA) is 24.9 Å². The van der Waals surface area contributed by atoms with Crippen molar-refractivity contribution in [3.8, 4) is 0 Å². The SMILES string of the molecule is CCCNc1nc2c(Cl)cc(Cl)cc2s1. The van der Waals surface area contributed by atoms with E-state index in [-0.39, 0.29) is 0 Å². The standard InChI is InChI=1S/C10H10Cl2N2S/c1-2-3-13-10-14-9-7(12)4-6(11)5-8(9)15-10/h4-5H,2-3H2,1H3,(H,13,14). The summed E-state index contributed by atoms with van der Waals surface area (Å²) in [5.74, 6) is 0.